The molecule has 0 spiro atoms. The van der Waals surface area contributed by atoms with Crippen molar-refractivity contribution in [2.45, 2.75) is 30.4 Å². The highest BCUT2D eigenvalue weighted by Gasteiger charge is 2.51. The van der Waals surface area contributed by atoms with E-state index in [1.165, 1.54) is 28.4 Å². The molecule has 0 radical (unpaired) electrons. The first kappa shape index (κ1) is 26.9. The summed E-state index contributed by atoms with van der Waals surface area (Å²) in [7, 11) is 1.42. The highest BCUT2D eigenvalue weighted by Crippen LogP contribution is 2.45. The number of benzene rings is 2. The molecule has 2 aromatic carbocycles. The van der Waals surface area contributed by atoms with Crippen LogP contribution in [0.15, 0.2) is 30.3 Å². The summed E-state index contributed by atoms with van der Waals surface area (Å²) in [5.74, 6) is 1.11. The smallest absolute Gasteiger partial charge is 0.268 e. The normalized spacial score (nSPS) is 18.8. The average molecular weight is 528 g/mol. The number of methoxy groups -OCH3 is 4. The van der Waals surface area contributed by atoms with Gasteiger partial charge in [0, 0.05) is 24.1 Å². The van der Waals surface area contributed by atoms with Crippen LogP contribution < -0.4 is 18.9 Å². The van der Waals surface area contributed by atoms with Gasteiger partial charge in [0.25, 0.3) is 16.0 Å². The zero-order valence-electron chi connectivity index (χ0n) is 20.3. The van der Waals surface area contributed by atoms with Gasteiger partial charge in [-0.2, -0.15) is 8.42 Å². The van der Waals surface area contributed by atoms with Crippen molar-refractivity contribution >= 4 is 27.6 Å². The summed E-state index contributed by atoms with van der Waals surface area (Å²) in [6.07, 6.45) is 0.457. The van der Waals surface area contributed by atoms with Crippen molar-refractivity contribution in [3.05, 3.63) is 46.5 Å². The Hall–Kier alpha value is -2.69. The molecule has 0 saturated carbocycles. The molecule has 0 aromatic heterocycles. The third-order valence-corrected chi connectivity index (χ3v) is 8.37. The van der Waals surface area contributed by atoms with Crippen LogP contribution in [0, 0.1) is 0 Å². The van der Waals surface area contributed by atoms with E-state index in [0.29, 0.717) is 45.6 Å². The maximum atomic E-state index is 13.5. The van der Waals surface area contributed by atoms with Crippen molar-refractivity contribution in [2.24, 2.45) is 0 Å². The summed E-state index contributed by atoms with van der Waals surface area (Å²) in [4.78, 5) is 15.1. The van der Waals surface area contributed by atoms with E-state index in [9.17, 15) is 17.8 Å². The van der Waals surface area contributed by atoms with Crippen molar-refractivity contribution in [1.82, 2.24) is 4.90 Å². The first-order chi connectivity index (χ1) is 16.6. The first-order valence-electron chi connectivity index (χ1n) is 11.0. The van der Waals surface area contributed by atoms with Crippen molar-refractivity contribution in [3.8, 4) is 23.0 Å². The summed E-state index contributed by atoms with van der Waals surface area (Å²) >= 11 is 6.37. The van der Waals surface area contributed by atoms with Gasteiger partial charge in [-0.1, -0.05) is 24.6 Å². The quantitative estimate of drug-likeness (QED) is 0.490. The van der Waals surface area contributed by atoms with Gasteiger partial charge in [-0.25, -0.2) is 0 Å². The van der Waals surface area contributed by atoms with E-state index in [-0.39, 0.29) is 25.4 Å². The molecule has 192 valence electrons. The first-order valence-corrected chi connectivity index (χ1v) is 12.8. The molecule has 1 fully saturated rings. The number of rotatable bonds is 9. The molecular weight excluding hydrogens is 498 g/mol. The average Bonchev–Trinajstić information content (AvgIpc) is 3.27. The number of halogens is 1. The number of hydrogen-bond donors (Lipinski definition) is 1. The number of likely N-dealkylation sites (tertiary alicyclic amines) is 1. The van der Waals surface area contributed by atoms with Crippen LogP contribution in [0.5, 0.6) is 23.0 Å². The lowest BCUT2D eigenvalue weighted by Crippen LogP contribution is -2.47. The van der Waals surface area contributed by atoms with Crippen molar-refractivity contribution in [1.29, 1.82) is 0 Å². The molecular formula is C24H30ClNO8S. The zero-order valence-corrected chi connectivity index (χ0v) is 21.9. The second kappa shape index (κ2) is 10.5. The number of amides is 1. The second-order valence-corrected chi connectivity index (χ2v) is 10.3. The van der Waals surface area contributed by atoms with Crippen LogP contribution in [0.25, 0.3) is 0 Å². The van der Waals surface area contributed by atoms with Crippen LogP contribution in [0.4, 0.5) is 0 Å². The molecule has 1 aliphatic rings. The molecule has 2 atom stereocenters. The Morgan fingerprint density at radius 2 is 1.66 bits per heavy atom. The van der Waals surface area contributed by atoms with E-state index in [2.05, 4.69) is 0 Å². The Labute approximate surface area is 210 Å². The lowest BCUT2D eigenvalue weighted by atomic mass is 9.75. The van der Waals surface area contributed by atoms with Gasteiger partial charge in [0.2, 0.25) is 5.75 Å². The Balaban J connectivity index is 2.07. The molecule has 35 heavy (non-hydrogen) atoms. The van der Waals surface area contributed by atoms with Gasteiger partial charge in [-0.05, 0) is 42.7 Å². The van der Waals surface area contributed by atoms with Gasteiger partial charge in [0.15, 0.2) is 11.5 Å². The summed E-state index contributed by atoms with van der Waals surface area (Å²) in [6.45, 7) is 2.02. The predicted octanol–water partition coefficient (Wildman–Crippen LogP) is 3.82. The topological polar surface area (TPSA) is 112 Å². The number of carbonyl (C=O) groups is 1. The van der Waals surface area contributed by atoms with E-state index in [0.717, 1.165) is 0 Å². The van der Waals surface area contributed by atoms with Crippen LogP contribution >= 0.6 is 11.6 Å². The van der Waals surface area contributed by atoms with Crippen LogP contribution in [0.1, 0.15) is 35.7 Å². The van der Waals surface area contributed by atoms with Crippen LogP contribution in [0.2, 0.25) is 5.02 Å². The SMILES string of the molecule is CCC(C1(c2ccc(OC)c(Cl)c2)CCN(C(=O)c2cc(OC)c(OC)c(OC)c2)C1)S(=O)(=O)O. The fourth-order valence-corrected chi connectivity index (χ4v) is 6.52. The van der Waals surface area contributed by atoms with Gasteiger partial charge in [-0.3, -0.25) is 9.35 Å². The van der Waals surface area contributed by atoms with Crippen LogP contribution in [-0.2, 0) is 15.5 Å². The minimum atomic E-state index is -4.45. The lowest BCUT2D eigenvalue weighted by molar-refractivity contribution is 0.0781. The van der Waals surface area contributed by atoms with Gasteiger partial charge in [0.1, 0.15) is 5.75 Å². The van der Waals surface area contributed by atoms with Gasteiger partial charge in [-0.15, -0.1) is 0 Å². The van der Waals surface area contributed by atoms with Crippen LogP contribution in [-0.4, -0.2) is 70.6 Å². The number of hydrogen-bond acceptors (Lipinski definition) is 7. The van der Waals surface area contributed by atoms with Gasteiger partial charge in [0.05, 0.1) is 38.7 Å². The molecule has 2 unspecified atom stereocenters. The third kappa shape index (κ3) is 5.00. The molecule has 2 aromatic rings. The van der Waals surface area contributed by atoms with E-state index < -0.39 is 20.8 Å². The standard InChI is InChI=1S/C24H30ClNO8S/c1-6-21(35(28,29)30)24(16-7-8-18(31-2)17(25)13-16)9-10-26(14-24)23(27)15-11-19(32-3)22(34-5)20(12-15)33-4/h7-8,11-13,21H,6,9-10,14H2,1-5H3,(H,28,29,30). The van der Waals surface area contributed by atoms with Crippen molar-refractivity contribution < 1.29 is 36.7 Å². The number of nitrogens with zero attached hydrogens (tertiary/aromatic N) is 1. The Morgan fingerprint density at radius 1 is 1.06 bits per heavy atom. The molecule has 0 aliphatic carbocycles. The molecule has 3 rings (SSSR count). The highest BCUT2D eigenvalue weighted by molar-refractivity contribution is 7.86. The molecule has 1 saturated heterocycles. The zero-order chi connectivity index (χ0) is 26.0. The predicted molar refractivity (Wildman–Crippen MR) is 132 cm³/mol. The van der Waals surface area contributed by atoms with Gasteiger partial charge < -0.3 is 23.8 Å². The minimum absolute atomic E-state index is 0.0590. The number of ether oxygens (including phenoxy) is 4. The molecule has 0 bridgehead atoms. The molecule has 11 heteroatoms. The highest BCUT2D eigenvalue weighted by atomic mass is 35.5. The van der Waals surface area contributed by atoms with Crippen LogP contribution in [0.3, 0.4) is 0 Å². The molecule has 1 amide bonds. The molecule has 1 aliphatic heterocycles. The fourth-order valence-electron chi connectivity index (χ4n) is 4.94. The van der Waals surface area contributed by atoms with E-state index in [1.807, 2.05) is 0 Å². The molecule has 1 N–H and O–H groups in total. The van der Waals surface area contributed by atoms with E-state index >= 15 is 0 Å². The Kier molecular flexibility index (Phi) is 8.08. The Bertz CT molecular complexity index is 1180. The Morgan fingerprint density at radius 3 is 2.11 bits per heavy atom. The van der Waals surface area contributed by atoms with E-state index in [4.69, 9.17) is 30.5 Å². The maximum Gasteiger partial charge on any atom is 0.268 e. The molecule has 1 heterocycles. The van der Waals surface area contributed by atoms with Crippen molar-refractivity contribution in [2.75, 3.05) is 41.5 Å². The maximum absolute atomic E-state index is 13.5. The summed E-state index contributed by atoms with van der Waals surface area (Å²) < 4.78 is 56.4. The largest absolute Gasteiger partial charge is 0.495 e. The summed E-state index contributed by atoms with van der Waals surface area (Å²) in [5.41, 5.74) is -0.176. The van der Waals surface area contributed by atoms with Crippen molar-refractivity contribution in [3.63, 3.8) is 0 Å². The van der Waals surface area contributed by atoms with Gasteiger partial charge >= 0.3 is 0 Å². The monoisotopic (exact) mass is 527 g/mol. The second-order valence-electron chi connectivity index (χ2n) is 8.31. The lowest BCUT2D eigenvalue weighted by Gasteiger charge is -2.36. The fraction of sp³-hybridized carbons (Fsp3) is 0.458. The minimum Gasteiger partial charge on any atom is -0.495 e. The molecule has 9 nitrogen and oxygen atoms in total. The number of carbonyl (C=O) groups excluding carboxylic acids is 1. The van der Waals surface area contributed by atoms with E-state index in [1.54, 1.807) is 42.2 Å². The third-order valence-electron chi connectivity index (χ3n) is 6.57. The summed E-state index contributed by atoms with van der Waals surface area (Å²) in [6, 6.07) is 8.12. The summed E-state index contributed by atoms with van der Waals surface area (Å²) in [5, 5.41) is -0.832.